The van der Waals surface area contributed by atoms with Crippen LogP contribution in [0.4, 0.5) is 0 Å². The van der Waals surface area contributed by atoms with Crippen LogP contribution in [-0.4, -0.2) is 50.6 Å². The third-order valence-corrected chi connectivity index (χ3v) is 12.5. The lowest BCUT2D eigenvalue weighted by Gasteiger charge is -2.63. The first kappa shape index (κ1) is 23.2. The van der Waals surface area contributed by atoms with Crippen molar-refractivity contribution >= 4 is 0 Å². The van der Waals surface area contributed by atoms with Crippen LogP contribution in [0.5, 0.6) is 0 Å². The van der Waals surface area contributed by atoms with Crippen LogP contribution < -0.4 is 0 Å². The van der Waals surface area contributed by atoms with Crippen LogP contribution in [0.15, 0.2) is 0 Å². The van der Waals surface area contributed by atoms with Gasteiger partial charge in [-0.05, 0) is 106 Å². The van der Waals surface area contributed by atoms with Crippen LogP contribution in [0.2, 0.25) is 0 Å². The van der Waals surface area contributed by atoms with E-state index in [1.165, 1.54) is 0 Å². The number of hydrogen-bond acceptors (Lipinski definition) is 5. The average molecular weight is 463 g/mol. The quantitative estimate of drug-likeness (QED) is 0.501. The number of hydrogen-bond donors (Lipinski definition) is 3. The first-order chi connectivity index (χ1) is 15.3. The summed E-state index contributed by atoms with van der Waals surface area (Å²) in [6, 6.07) is 0. The molecule has 2 saturated heterocycles. The highest BCUT2D eigenvalue weighted by molar-refractivity contribution is 5.22. The van der Waals surface area contributed by atoms with Crippen molar-refractivity contribution < 1.29 is 24.8 Å². The minimum absolute atomic E-state index is 0.0132. The Morgan fingerprint density at radius 1 is 0.879 bits per heavy atom. The Kier molecular flexibility index (Phi) is 4.76. The monoisotopic (exact) mass is 462 g/mol. The van der Waals surface area contributed by atoms with E-state index in [4.69, 9.17) is 9.47 Å². The molecular formula is C28H46O5. The fraction of sp³-hybridized carbons (Fsp3) is 1.00. The van der Waals surface area contributed by atoms with E-state index in [1.807, 2.05) is 6.92 Å². The highest BCUT2D eigenvalue weighted by atomic mass is 16.7. The number of aliphatic hydroxyl groups is 3. The fourth-order valence-electron chi connectivity index (χ4n) is 10.7. The highest BCUT2D eigenvalue weighted by Gasteiger charge is 2.77. The summed E-state index contributed by atoms with van der Waals surface area (Å²) < 4.78 is 13.3. The molecule has 0 radical (unpaired) electrons. The molecule has 6 rings (SSSR count). The van der Waals surface area contributed by atoms with Gasteiger partial charge < -0.3 is 24.8 Å². The van der Waals surface area contributed by atoms with Crippen molar-refractivity contribution in [2.75, 3.05) is 0 Å². The minimum atomic E-state index is -1.08. The predicted molar refractivity (Wildman–Crippen MR) is 125 cm³/mol. The maximum Gasteiger partial charge on any atom is 0.198 e. The molecule has 4 aliphatic carbocycles. The minimum Gasteiger partial charge on any atom is -0.393 e. The molecule has 13 atom stereocenters. The Hall–Kier alpha value is -0.200. The summed E-state index contributed by atoms with van der Waals surface area (Å²) in [5, 5.41) is 34.2. The largest absolute Gasteiger partial charge is 0.393 e. The van der Waals surface area contributed by atoms with E-state index in [0.29, 0.717) is 29.6 Å². The van der Waals surface area contributed by atoms with E-state index in [9.17, 15) is 15.3 Å². The molecule has 33 heavy (non-hydrogen) atoms. The summed E-state index contributed by atoms with van der Waals surface area (Å²) in [5.41, 5.74) is -1.45. The van der Waals surface area contributed by atoms with Gasteiger partial charge >= 0.3 is 0 Å². The molecule has 0 aromatic heterocycles. The van der Waals surface area contributed by atoms with Crippen molar-refractivity contribution in [2.24, 2.45) is 46.3 Å². The third kappa shape index (κ3) is 2.78. The van der Waals surface area contributed by atoms with E-state index in [-0.39, 0.29) is 40.7 Å². The van der Waals surface area contributed by atoms with Gasteiger partial charge in [0, 0.05) is 12.3 Å². The lowest BCUT2D eigenvalue weighted by molar-refractivity contribution is -0.300. The first-order valence-electron chi connectivity index (χ1n) is 13.7. The van der Waals surface area contributed by atoms with Crippen molar-refractivity contribution in [3.05, 3.63) is 0 Å². The molecule has 1 spiro atoms. The van der Waals surface area contributed by atoms with Gasteiger partial charge in [-0.15, -0.1) is 0 Å². The maximum absolute atomic E-state index is 12.2. The number of rotatable bonds is 0. The van der Waals surface area contributed by atoms with Gasteiger partial charge in [-0.2, -0.15) is 0 Å². The van der Waals surface area contributed by atoms with Crippen LogP contribution in [-0.2, 0) is 9.47 Å². The zero-order valence-electron chi connectivity index (χ0n) is 21.5. The Labute approximate surface area is 199 Å². The van der Waals surface area contributed by atoms with Crippen molar-refractivity contribution in [1.82, 2.24) is 0 Å². The SMILES string of the molecule is C[C@H]1C[C@@]2(O[C@H]3C[C@H]4[C@@H]5CC[C@H]6C[C@H](O)CC[C@]6(C)[C@@H]5[C@@H](O)C[C@]4(C)[C@H]3[C@@]2(C)O)OC1(C)C. The third-order valence-electron chi connectivity index (χ3n) is 12.5. The summed E-state index contributed by atoms with van der Waals surface area (Å²) in [6.45, 7) is 13.1. The van der Waals surface area contributed by atoms with Gasteiger partial charge in [-0.1, -0.05) is 20.8 Å². The summed E-state index contributed by atoms with van der Waals surface area (Å²) in [5.74, 6) is 1.08. The molecule has 0 amide bonds. The molecule has 5 heteroatoms. The number of aliphatic hydroxyl groups excluding tert-OH is 2. The van der Waals surface area contributed by atoms with Gasteiger partial charge in [0.2, 0.25) is 0 Å². The molecule has 2 heterocycles. The Morgan fingerprint density at radius 3 is 2.27 bits per heavy atom. The smallest absolute Gasteiger partial charge is 0.198 e. The first-order valence-corrected chi connectivity index (χ1v) is 13.7. The molecule has 3 N–H and O–H groups in total. The van der Waals surface area contributed by atoms with Crippen LogP contribution >= 0.6 is 0 Å². The lowest BCUT2D eigenvalue weighted by Crippen LogP contribution is -2.62. The zero-order valence-corrected chi connectivity index (χ0v) is 21.5. The maximum atomic E-state index is 12.2. The standard InChI is InChI=1S/C28H46O5/c1-15-13-28(33-24(15,2)3)27(6,31)23-21(32-28)12-19-18-8-7-16-11-17(29)9-10-25(16,4)22(18)20(30)14-26(19,23)5/h15-23,29-31H,7-14H2,1-6H3/t15-,16-,17+,18-,19-,20-,21-,22-,23-,25-,26-,27+,28+/m0/s1. The summed E-state index contributed by atoms with van der Waals surface area (Å²) in [4.78, 5) is 0. The second kappa shape index (κ2) is 6.76. The van der Waals surface area contributed by atoms with Gasteiger partial charge in [0.15, 0.2) is 5.79 Å². The fourth-order valence-corrected chi connectivity index (χ4v) is 10.7. The van der Waals surface area contributed by atoms with E-state index in [0.717, 1.165) is 51.4 Å². The number of fused-ring (bicyclic) bond motifs is 7. The Bertz CT molecular complexity index is 825. The molecule has 5 nitrogen and oxygen atoms in total. The molecule has 188 valence electrons. The molecule has 6 aliphatic rings. The second-order valence-electron chi connectivity index (χ2n) is 14.4. The highest BCUT2D eigenvalue weighted by Crippen LogP contribution is 2.72. The molecule has 2 aliphatic heterocycles. The Balaban J connectivity index is 1.34. The Morgan fingerprint density at radius 2 is 1.61 bits per heavy atom. The van der Waals surface area contributed by atoms with Crippen molar-refractivity contribution in [3.63, 3.8) is 0 Å². The molecular weight excluding hydrogens is 416 g/mol. The summed E-state index contributed by atoms with van der Waals surface area (Å²) in [6.07, 6.45) is 6.94. The predicted octanol–water partition coefficient (Wildman–Crippen LogP) is 4.27. The van der Waals surface area contributed by atoms with Crippen LogP contribution in [0.1, 0.15) is 92.9 Å². The van der Waals surface area contributed by atoms with Crippen molar-refractivity contribution in [1.29, 1.82) is 0 Å². The zero-order chi connectivity index (χ0) is 23.8. The molecule has 6 fully saturated rings. The molecule has 0 bridgehead atoms. The van der Waals surface area contributed by atoms with Crippen LogP contribution in [0.25, 0.3) is 0 Å². The van der Waals surface area contributed by atoms with Gasteiger partial charge in [0.1, 0.15) is 5.60 Å². The topological polar surface area (TPSA) is 79.2 Å². The van der Waals surface area contributed by atoms with E-state index in [1.54, 1.807) is 0 Å². The lowest BCUT2D eigenvalue weighted by atomic mass is 9.43. The van der Waals surface area contributed by atoms with Crippen LogP contribution in [0, 0.1) is 46.3 Å². The second-order valence-corrected chi connectivity index (χ2v) is 14.4. The van der Waals surface area contributed by atoms with Gasteiger partial charge in [-0.25, -0.2) is 0 Å². The van der Waals surface area contributed by atoms with E-state index < -0.39 is 11.4 Å². The van der Waals surface area contributed by atoms with E-state index >= 15 is 0 Å². The number of ether oxygens (including phenoxy) is 2. The molecule has 0 aromatic rings. The van der Waals surface area contributed by atoms with Crippen molar-refractivity contribution in [3.8, 4) is 0 Å². The normalized spacial score (nSPS) is 63.7. The summed E-state index contributed by atoms with van der Waals surface area (Å²) in [7, 11) is 0. The van der Waals surface area contributed by atoms with Crippen molar-refractivity contribution in [2.45, 2.75) is 128 Å². The van der Waals surface area contributed by atoms with Crippen LogP contribution in [0.3, 0.4) is 0 Å². The molecule has 4 saturated carbocycles. The van der Waals surface area contributed by atoms with E-state index in [2.05, 4.69) is 34.6 Å². The summed E-state index contributed by atoms with van der Waals surface area (Å²) >= 11 is 0. The molecule has 0 aromatic carbocycles. The van der Waals surface area contributed by atoms with Gasteiger partial charge in [0.25, 0.3) is 0 Å². The van der Waals surface area contributed by atoms with Gasteiger partial charge in [-0.3, -0.25) is 0 Å². The van der Waals surface area contributed by atoms with Gasteiger partial charge in [0.05, 0.1) is 23.9 Å². The average Bonchev–Trinajstić information content (AvgIpc) is 3.20. The molecule has 0 unspecified atom stereocenters.